The first-order valence-electron chi connectivity index (χ1n) is 14.4. The van der Waals surface area contributed by atoms with Gasteiger partial charge in [0.15, 0.2) is 15.7 Å². The minimum absolute atomic E-state index is 0.0136. The van der Waals surface area contributed by atoms with Gasteiger partial charge in [0.2, 0.25) is 10.0 Å². The molecule has 0 aromatic carbocycles. The van der Waals surface area contributed by atoms with Crippen molar-refractivity contribution in [2.75, 3.05) is 24.6 Å². The third-order valence-electron chi connectivity index (χ3n) is 9.20. The normalized spacial score (nSPS) is 25.1. The Labute approximate surface area is 249 Å². The number of halogens is 4. The van der Waals surface area contributed by atoms with Crippen molar-refractivity contribution in [2.45, 2.75) is 94.0 Å². The van der Waals surface area contributed by atoms with Gasteiger partial charge >= 0.3 is 6.61 Å². The van der Waals surface area contributed by atoms with E-state index in [1.807, 2.05) is 11.8 Å². The Morgan fingerprint density at radius 3 is 2.47 bits per heavy atom. The molecule has 0 radical (unpaired) electrons. The van der Waals surface area contributed by atoms with Crippen LogP contribution < -0.4 is 9.62 Å². The van der Waals surface area contributed by atoms with E-state index in [2.05, 4.69) is 14.9 Å². The second-order valence-corrected chi connectivity index (χ2v) is 15.2. The van der Waals surface area contributed by atoms with Crippen molar-refractivity contribution < 1.29 is 35.5 Å². The van der Waals surface area contributed by atoms with Crippen LogP contribution >= 0.6 is 11.3 Å². The van der Waals surface area contributed by atoms with Gasteiger partial charge in [-0.1, -0.05) is 11.3 Å². The largest absolute Gasteiger partial charge is 0.375 e. The van der Waals surface area contributed by atoms with E-state index in [1.54, 1.807) is 17.4 Å². The fourth-order valence-corrected chi connectivity index (χ4v) is 8.63. The highest BCUT2D eigenvalue weighted by Gasteiger charge is 2.51. The summed E-state index contributed by atoms with van der Waals surface area (Å²) in [7, 11) is -3.96. The molecule has 5 heterocycles. The summed E-state index contributed by atoms with van der Waals surface area (Å²) in [6.45, 7) is 1.82. The van der Waals surface area contributed by atoms with Crippen LogP contribution in [0.4, 0.5) is 23.2 Å². The van der Waals surface area contributed by atoms with E-state index in [4.69, 9.17) is 14.5 Å². The van der Waals surface area contributed by atoms with Crippen molar-refractivity contribution in [3.05, 3.63) is 23.0 Å². The van der Waals surface area contributed by atoms with E-state index in [-0.39, 0.29) is 15.8 Å². The molecule has 1 unspecified atom stereocenters. The van der Waals surface area contributed by atoms with Gasteiger partial charge in [-0.3, -0.25) is 4.40 Å². The zero-order valence-corrected chi connectivity index (χ0v) is 25.2. The number of anilines is 1. The van der Waals surface area contributed by atoms with Crippen molar-refractivity contribution in [1.29, 1.82) is 0 Å². The molecule has 2 aliphatic heterocycles. The number of fused-ring (bicyclic) bond motifs is 1. The van der Waals surface area contributed by atoms with Crippen molar-refractivity contribution >= 4 is 32.7 Å². The number of imidazole rings is 1. The highest BCUT2D eigenvalue weighted by molar-refractivity contribution is 7.89. The van der Waals surface area contributed by atoms with E-state index in [9.17, 15) is 26.0 Å². The molecule has 7 rings (SSSR count). The molecule has 2 aliphatic carbocycles. The minimum Gasteiger partial charge on any atom is -0.375 e. The summed E-state index contributed by atoms with van der Waals surface area (Å²) in [5.41, 5.74) is 1.07. The zero-order chi connectivity index (χ0) is 30.3. The van der Waals surface area contributed by atoms with Gasteiger partial charge in [0.25, 0.3) is 6.43 Å². The number of alkyl halides is 4. The molecule has 0 amide bonds. The van der Waals surface area contributed by atoms with E-state index < -0.39 is 51.2 Å². The van der Waals surface area contributed by atoms with Crippen LogP contribution in [0.5, 0.6) is 0 Å². The van der Waals surface area contributed by atoms with Crippen LogP contribution in [0.1, 0.15) is 75.4 Å². The molecule has 234 valence electrons. The predicted molar refractivity (Wildman–Crippen MR) is 149 cm³/mol. The Balaban J connectivity index is 1.32. The number of piperidine rings is 1. The van der Waals surface area contributed by atoms with Gasteiger partial charge in [0, 0.05) is 36.2 Å². The Kier molecular flexibility index (Phi) is 7.04. The molecule has 10 nitrogen and oxygen atoms in total. The molecule has 2 atom stereocenters. The molecular weight excluding hydrogens is 612 g/mol. The van der Waals surface area contributed by atoms with Crippen LogP contribution in [-0.2, 0) is 19.5 Å². The fraction of sp³-hybridized carbons (Fsp3) is 0.667. The Morgan fingerprint density at radius 1 is 1.14 bits per heavy atom. The first kappa shape index (κ1) is 29.3. The Morgan fingerprint density at radius 2 is 1.86 bits per heavy atom. The van der Waals surface area contributed by atoms with E-state index >= 15 is 0 Å². The van der Waals surface area contributed by atoms with Crippen LogP contribution in [0.25, 0.3) is 16.3 Å². The lowest BCUT2D eigenvalue weighted by molar-refractivity contribution is -0.195. The summed E-state index contributed by atoms with van der Waals surface area (Å²) in [6, 6.07) is 1.60. The van der Waals surface area contributed by atoms with Gasteiger partial charge in [-0.2, -0.15) is 8.78 Å². The van der Waals surface area contributed by atoms with Gasteiger partial charge in [-0.15, -0.1) is 10.2 Å². The molecule has 4 fully saturated rings. The molecule has 0 bridgehead atoms. The van der Waals surface area contributed by atoms with Gasteiger partial charge in [-0.25, -0.2) is 26.9 Å². The number of sulfonamides is 1. The number of nitrogens with zero attached hydrogens (tertiary/aromatic N) is 5. The number of nitrogens with one attached hydrogen (secondary N) is 1. The summed E-state index contributed by atoms with van der Waals surface area (Å²) < 4.78 is 96.0. The number of ether oxygens (including phenoxy) is 2. The van der Waals surface area contributed by atoms with Crippen molar-refractivity contribution in [1.82, 2.24) is 24.3 Å². The third kappa shape index (κ3) is 5.32. The SMILES string of the molecule is C[C@@H]1OCC2(CCN(c3cc(S(=O)(=O)NC4(C)CC4)cn4c(-c5nnc(C(F)F)s5)c(C5CC5)nc34)CC2)C1OC(F)F. The molecule has 2 saturated heterocycles. The predicted octanol–water partition coefficient (Wildman–Crippen LogP) is 5.11. The first-order valence-corrected chi connectivity index (χ1v) is 16.7. The lowest BCUT2D eigenvalue weighted by Gasteiger charge is -2.42. The first-order chi connectivity index (χ1) is 20.4. The average molecular weight is 645 g/mol. The zero-order valence-electron chi connectivity index (χ0n) is 23.6. The summed E-state index contributed by atoms with van der Waals surface area (Å²) >= 11 is 0.765. The molecule has 4 aliphatic rings. The van der Waals surface area contributed by atoms with Crippen molar-refractivity contribution in [3.63, 3.8) is 0 Å². The average Bonchev–Trinajstić information content (AvgIpc) is 3.80. The second kappa shape index (κ2) is 10.3. The molecule has 2 saturated carbocycles. The maximum absolute atomic E-state index is 13.7. The minimum atomic E-state index is -3.96. The van der Waals surface area contributed by atoms with Crippen LogP contribution in [0, 0.1) is 5.41 Å². The van der Waals surface area contributed by atoms with Gasteiger partial charge in [-0.05, 0) is 58.4 Å². The molecule has 3 aromatic rings. The monoisotopic (exact) mass is 644 g/mol. The number of pyridine rings is 1. The summed E-state index contributed by atoms with van der Waals surface area (Å²) in [4.78, 5) is 6.98. The maximum atomic E-state index is 13.7. The van der Waals surface area contributed by atoms with E-state index in [0.29, 0.717) is 55.3 Å². The fourth-order valence-electron chi connectivity index (χ4n) is 6.40. The molecule has 16 heteroatoms. The van der Waals surface area contributed by atoms with E-state index in [1.165, 1.54) is 6.20 Å². The number of hydrogen-bond donors (Lipinski definition) is 1. The standard InChI is InChI=1S/C27H32F4N6O4S2/c1-14-20(41-25(30)31)27(13-40-14)7-9-36(10-8-27)17-11-16(43(38,39)35-26(2)5-6-26)12-37-19(18(15-3-4-15)32-22(17)37)23-33-34-24(42-23)21(28)29/h11-12,14-15,20-21,25,35H,3-10,13H2,1-2H3/t14-,20?/m0/s1. The molecular formula is C27H32F4N6O4S2. The highest BCUT2D eigenvalue weighted by atomic mass is 32.2. The summed E-state index contributed by atoms with van der Waals surface area (Å²) in [6.07, 6.45) is 1.63. The topological polar surface area (TPSA) is 111 Å². The third-order valence-corrected chi connectivity index (χ3v) is 11.7. The molecule has 1 N–H and O–H groups in total. The maximum Gasteiger partial charge on any atom is 0.345 e. The van der Waals surface area contributed by atoms with Crippen LogP contribution in [0.15, 0.2) is 17.2 Å². The highest BCUT2D eigenvalue weighted by Crippen LogP contribution is 2.48. The van der Waals surface area contributed by atoms with Crippen LogP contribution in [0.3, 0.4) is 0 Å². The Bertz CT molecular complexity index is 1650. The van der Waals surface area contributed by atoms with Gasteiger partial charge in [0.05, 0.1) is 30.2 Å². The van der Waals surface area contributed by atoms with E-state index in [0.717, 1.165) is 37.0 Å². The number of hydrogen-bond acceptors (Lipinski definition) is 9. The smallest absolute Gasteiger partial charge is 0.345 e. The summed E-state index contributed by atoms with van der Waals surface area (Å²) in [5, 5.41) is 7.55. The van der Waals surface area contributed by atoms with Crippen molar-refractivity contribution in [3.8, 4) is 10.7 Å². The molecule has 43 heavy (non-hydrogen) atoms. The lowest BCUT2D eigenvalue weighted by atomic mass is 9.74. The van der Waals surface area contributed by atoms with Crippen LogP contribution in [0.2, 0.25) is 0 Å². The number of aromatic nitrogens is 4. The van der Waals surface area contributed by atoms with Crippen LogP contribution in [-0.4, -0.2) is 72.1 Å². The number of rotatable bonds is 9. The quantitative estimate of drug-likeness (QED) is 0.320. The lowest BCUT2D eigenvalue weighted by Crippen LogP contribution is -2.48. The molecule has 3 aromatic heterocycles. The van der Waals surface area contributed by atoms with Gasteiger partial charge in [0.1, 0.15) is 10.6 Å². The second-order valence-electron chi connectivity index (χ2n) is 12.5. The van der Waals surface area contributed by atoms with Crippen molar-refractivity contribution in [2.24, 2.45) is 5.41 Å². The van der Waals surface area contributed by atoms with Gasteiger partial charge < -0.3 is 14.4 Å². The molecule has 1 spiro atoms. The Hall–Kier alpha value is -2.40. The summed E-state index contributed by atoms with van der Waals surface area (Å²) in [5.74, 6) is 0.0965.